The monoisotopic (exact) mass is 272 g/mol. The minimum absolute atomic E-state index is 0.174. The lowest BCUT2D eigenvalue weighted by molar-refractivity contribution is -0.121. The first-order valence-corrected chi connectivity index (χ1v) is 7.89. The van der Waals surface area contributed by atoms with Crippen molar-refractivity contribution in [2.24, 2.45) is 0 Å². The fraction of sp³-hybridized carbons (Fsp3) is 0.933. The predicted molar refractivity (Wildman–Crippen MR) is 80.2 cm³/mol. The molecule has 0 aliphatic carbocycles. The molecule has 0 saturated heterocycles. The molecule has 4 nitrogen and oxygen atoms in total. The predicted octanol–water partition coefficient (Wildman–Crippen LogP) is 2.22. The Morgan fingerprint density at radius 2 is 1.58 bits per heavy atom. The quantitative estimate of drug-likeness (QED) is 0.425. The van der Waals surface area contributed by atoms with Crippen molar-refractivity contribution < 1.29 is 9.90 Å². The van der Waals surface area contributed by atoms with Crippen molar-refractivity contribution in [1.29, 1.82) is 0 Å². The van der Waals surface area contributed by atoms with Crippen LogP contribution in [0.3, 0.4) is 0 Å². The van der Waals surface area contributed by atoms with E-state index in [4.69, 9.17) is 5.11 Å². The van der Waals surface area contributed by atoms with Gasteiger partial charge in [-0.05, 0) is 25.8 Å². The third-order valence-electron chi connectivity index (χ3n) is 3.14. The van der Waals surface area contributed by atoms with Crippen LogP contribution in [-0.4, -0.2) is 37.3 Å². The Bertz CT molecular complexity index is 199. The summed E-state index contributed by atoms with van der Waals surface area (Å²) in [6.45, 7) is 5.05. The Morgan fingerprint density at radius 3 is 2.26 bits per heavy atom. The Hall–Kier alpha value is -0.610. The van der Waals surface area contributed by atoms with Gasteiger partial charge in [-0.25, -0.2) is 0 Å². The number of amides is 1. The van der Waals surface area contributed by atoms with E-state index in [1.165, 1.54) is 25.7 Å². The third kappa shape index (κ3) is 15.3. The smallest absolute Gasteiger partial charge is 0.220 e. The van der Waals surface area contributed by atoms with E-state index < -0.39 is 0 Å². The average Bonchev–Trinajstić information content (AvgIpc) is 2.42. The zero-order chi connectivity index (χ0) is 14.2. The molecule has 0 aliphatic rings. The van der Waals surface area contributed by atoms with Crippen LogP contribution in [0.5, 0.6) is 0 Å². The second-order valence-corrected chi connectivity index (χ2v) is 5.05. The van der Waals surface area contributed by atoms with Crippen molar-refractivity contribution in [2.75, 3.05) is 26.2 Å². The number of hydrogen-bond donors (Lipinski definition) is 3. The Kier molecular flexibility index (Phi) is 15.0. The highest BCUT2D eigenvalue weighted by Gasteiger charge is 1.98. The average molecular weight is 272 g/mol. The summed E-state index contributed by atoms with van der Waals surface area (Å²) in [5, 5.41) is 14.9. The molecule has 0 aromatic heterocycles. The van der Waals surface area contributed by atoms with Gasteiger partial charge in [-0.1, -0.05) is 39.0 Å². The van der Waals surface area contributed by atoms with Gasteiger partial charge in [0.1, 0.15) is 0 Å². The van der Waals surface area contributed by atoms with E-state index in [2.05, 4.69) is 17.6 Å². The fourth-order valence-electron chi connectivity index (χ4n) is 1.91. The lowest BCUT2D eigenvalue weighted by Crippen LogP contribution is -2.32. The second-order valence-electron chi connectivity index (χ2n) is 5.05. The number of carbonyl (C=O) groups is 1. The van der Waals surface area contributed by atoms with Crippen LogP contribution in [0.1, 0.15) is 64.7 Å². The molecule has 0 unspecified atom stereocenters. The molecular weight excluding hydrogens is 240 g/mol. The molecule has 114 valence electrons. The highest BCUT2D eigenvalue weighted by molar-refractivity contribution is 5.75. The molecule has 0 radical (unpaired) electrons. The summed E-state index contributed by atoms with van der Waals surface area (Å²) in [6, 6.07) is 0. The van der Waals surface area contributed by atoms with E-state index >= 15 is 0 Å². The topological polar surface area (TPSA) is 61.4 Å². The Balaban J connectivity index is 3.04. The Labute approximate surface area is 118 Å². The van der Waals surface area contributed by atoms with Crippen molar-refractivity contribution >= 4 is 5.91 Å². The molecule has 0 saturated carbocycles. The first-order chi connectivity index (χ1) is 9.31. The highest BCUT2D eigenvalue weighted by Crippen LogP contribution is 2.04. The standard InChI is InChI=1S/C15H32N2O2/c1-2-3-10-15(19)17-13-12-16-11-8-6-4-5-7-9-14-18/h16,18H,2-14H2,1H3,(H,17,19). The van der Waals surface area contributed by atoms with E-state index in [1.54, 1.807) is 0 Å². The number of unbranched alkanes of at least 4 members (excludes halogenated alkanes) is 6. The van der Waals surface area contributed by atoms with Gasteiger partial charge in [-0.15, -0.1) is 0 Å². The molecule has 0 rings (SSSR count). The second kappa shape index (κ2) is 15.4. The summed E-state index contributed by atoms with van der Waals surface area (Å²) in [6.07, 6.45) is 9.74. The first kappa shape index (κ1) is 18.4. The first-order valence-electron chi connectivity index (χ1n) is 7.89. The minimum Gasteiger partial charge on any atom is -0.396 e. The highest BCUT2D eigenvalue weighted by atomic mass is 16.2. The van der Waals surface area contributed by atoms with E-state index in [0.717, 1.165) is 45.3 Å². The van der Waals surface area contributed by atoms with E-state index in [0.29, 0.717) is 13.0 Å². The molecule has 0 aromatic carbocycles. The van der Waals surface area contributed by atoms with Gasteiger partial charge in [0, 0.05) is 26.1 Å². The Morgan fingerprint density at radius 1 is 0.895 bits per heavy atom. The fourth-order valence-corrected chi connectivity index (χ4v) is 1.91. The van der Waals surface area contributed by atoms with Gasteiger partial charge in [0.15, 0.2) is 0 Å². The van der Waals surface area contributed by atoms with Crippen molar-refractivity contribution in [3.63, 3.8) is 0 Å². The normalized spacial score (nSPS) is 10.6. The van der Waals surface area contributed by atoms with E-state index in [-0.39, 0.29) is 5.91 Å². The van der Waals surface area contributed by atoms with Crippen molar-refractivity contribution in [1.82, 2.24) is 10.6 Å². The molecule has 4 heteroatoms. The molecule has 1 amide bonds. The van der Waals surface area contributed by atoms with Crippen molar-refractivity contribution in [2.45, 2.75) is 64.7 Å². The van der Waals surface area contributed by atoms with Gasteiger partial charge in [-0.3, -0.25) is 4.79 Å². The summed E-state index contributed by atoms with van der Waals surface area (Å²) < 4.78 is 0. The summed E-state index contributed by atoms with van der Waals surface area (Å²) in [5.74, 6) is 0.174. The van der Waals surface area contributed by atoms with Gasteiger partial charge in [0.25, 0.3) is 0 Å². The van der Waals surface area contributed by atoms with Gasteiger partial charge < -0.3 is 15.7 Å². The number of aliphatic hydroxyl groups is 1. The van der Waals surface area contributed by atoms with Crippen LogP contribution in [0.15, 0.2) is 0 Å². The number of hydrogen-bond acceptors (Lipinski definition) is 3. The van der Waals surface area contributed by atoms with Crippen LogP contribution in [0.25, 0.3) is 0 Å². The lowest BCUT2D eigenvalue weighted by atomic mass is 10.1. The molecule has 0 aliphatic heterocycles. The van der Waals surface area contributed by atoms with Gasteiger partial charge >= 0.3 is 0 Å². The molecule has 0 aromatic rings. The maximum atomic E-state index is 11.3. The van der Waals surface area contributed by atoms with Crippen LogP contribution >= 0.6 is 0 Å². The molecule has 0 bridgehead atoms. The summed E-state index contributed by atoms with van der Waals surface area (Å²) in [5.41, 5.74) is 0. The molecule has 0 heterocycles. The minimum atomic E-state index is 0.174. The summed E-state index contributed by atoms with van der Waals surface area (Å²) in [7, 11) is 0. The van der Waals surface area contributed by atoms with Crippen LogP contribution in [0, 0.1) is 0 Å². The largest absolute Gasteiger partial charge is 0.396 e. The molecule has 3 N–H and O–H groups in total. The number of nitrogens with one attached hydrogen (secondary N) is 2. The van der Waals surface area contributed by atoms with Gasteiger partial charge in [-0.2, -0.15) is 0 Å². The molecule has 0 fully saturated rings. The van der Waals surface area contributed by atoms with E-state index in [9.17, 15) is 4.79 Å². The maximum Gasteiger partial charge on any atom is 0.220 e. The van der Waals surface area contributed by atoms with Crippen LogP contribution in [0.4, 0.5) is 0 Å². The molecule has 19 heavy (non-hydrogen) atoms. The molecule has 0 atom stereocenters. The van der Waals surface area contributed by atoms with Crippen LogP contribution in [0.2, 0.25) is 0 Å². The number of aliphatic hydroxyl groups excluding tert-OH is 1. The van der Waals surface area contributed by atoms with Crippen LogP contribution < -0.4 is 10.6 Å². The van der Waals surface area contributed by atoms with E-state index in [1.807, 2.05) is 0 Å². The van der Waals surface area contributed by atoms with Crippen molar-refractivity contribution in [3.8, 4) is 0 Å². The lowest BCUT2D eigenvalue weighted by Gasteiger charge is -2.06. The number of rotatable bonds is 14. The zero-order valence-corrected chi connectivity index (χ0v) is 12.5. The SMILES string of the molecule is CCCCC(=O)NCCNCCCCCCCCO. The van der Waals surface area contributed by atoms with Crippen molar-refractivity contribution in [3.05, 3.63) is 0 Å². The van der Waals surface area contributed by atoms with Gasteiger partial charge in [0.2, 0.25) is 5.91 Å². The maximum absolute atomic E-state index is 11.3. The molecular formula is C15H32N2O2. The summed E-state index contributed by atoms with van der Waals surface area (Å²) >= 11 is 0. The third-order valence-corrected chi connectivity index (χ3v) is 3.14. The zero-order valence-electron chi connectivity index (χ0n) is 12.5. The van der Waals surface area contributed by atoms with Gasteiger partial charge in [0.05, 0.1) is 0 Å². The van der Waals surface area contributed by atoms with Crippen LogP contribution in [-0.2, 0) is 4.79 Å². The number of carbonyl (C=O) groups excluding carboxylic acids is 1. The molecule has 0 spiro atoms. The summed E-state index contributed by atoms with van der Waals surface area (Å²) in [4.78, 5) is 11.3.